The zero-order valence-electron chi connectivity index (χ0n) is 13.6. The van der Waals surface area contributed by atoms with E-state index >= 15 is 0 Å². The molecule has 0 fully saturated rings. The Morgan fingerprint density at radius 3 is 2.04 bits per heavy atom. The minimum absolute atomic E-state index is 0.0180. The van der Waals surface area contributed by atoms with E-state index in [9.17, 15) is 9.90 Å². The van der Waals surface area contributed by atoms with Gasteiger partial charge in [-0.1, -0.05) is 60.7 Å². The van der Waals surface area contributed by atoms with Crippen LogP contribution in [-0.2, 0) is 18.0 Å². The van der Waals surface area contributed by atoms with Gasteiger partial charge in [0.15, 0.2) is 11.5 Å². The molecule has 4 nitrogen and oxygen atoms in total. The molecule has 0 unspecified atom stereocenters. The Bertz CT molecular complexity index is 829. The molecule has 0 aliphatic heterocycles. The first-order valence-electron chi connectivity index (χ1n) is 7.93. The fourth-order valence-electron chi connectivity index (χ4n) is 2.30. The minimum Gasteiger partial charge on any atom is -0.504 e. The van der Waals surface area contributed by atoms with Gasteiger partial charge in [-0.25, -0.2) is 4.79 Å². The van der Waals surface area contributed by atoms with Gasteiger partial charge in [-0.15, -0.1) is 0 Å². The van der Waals surface area contributed by atoms with Gasteiger partial charge in [-0.3, -0.25) is 0 Å². The summed E-state index contributed by atoms with van der Waals surface area (Å²) < 4.78 is 10.9. The number of carbonyl (C=O) groups is 1. The molecule has 0 radical (unpaired) electrons. The minimum atomic E-state index is -0.464. The highest BCUT2D eigenvalue weighted by Gasteiger charge is 2.12. The van der Waals surface area contributed by atoms with Crippen LogP contribution in [0.4, 0.5) is 0 Å². The maximum absolute atomic E-state index is 12.2. The van der Waals surface area contributed by atoms with Gasteiger partial charge in [0, 0.05) is 0 Å². The predicted octanol–water partition coefficient (Wildman–Crippen LogP) is 4.33. The standard InChI is InChI=1S/C21H18O4/c22-19-12-11-18(21(23)25-15-17-9-5-2-6-10-17)13-20(19)24-14-16-7-3-1-4-8-16/h1-13,22H,14-15H2. The number of ether oxygens (including phenoxy) is 2. The third-order valence-corrected chi connectivity index (χ3v) is 3.65. The van der Waals surface area contributed by atoms with Crippen LogP contribution in [0, 0.1) is 0 Å². The van der Waals surface area contributed by atoms with Gasteiger partial charge in [0.1, 0.15) is 13.2 Å². The molecule has 25 heavy (non-hydrogen) atoms. The lowest BCUT2D eigenvalue weighted by atomic mass is 10.2. The first kappa shape index (κ1) is 16.6. The molecule has 0 aliphatic carbocycles. The molecule has 3 aromatic rings. The van der Waals surface area contributed by atoms with Gasteiger partial charge < -0.3 is 14.6 Å². The van der Waals surface area contributed by atoms with Crippen LogP contribution in [0.5, 0.6) is 11.5 Å². The van der Waals surface area contributed by atoms with E-state index in [0.29, 0.717) is 12.2 Å². The summed E-state index contributed by atoms with van der Waals surface area (Å²) in [5, 5.41) is 9.93. The monoisotopic (exact) mass is 334 g/mol. The van der Waals surface area contributed by atoms with Gasteiger partial charge >= 0.3 is 5.97 Å². The maximum Gasteiger partial charge on any atom is 0.338 e. The number of aromatic hydroxyl groups is 1. The third-order valence-electron chi connectivity index (χ3n) is 3.65. The molecule has 126 valence electrons. The summed E-state index contributed by atoms with van der Waals surface area (Å²) in [4.78, 5) is 12.2. The van der Waals surface area contributed by atoms with Crippen LogP contribution >= 0.6 is 0 Å². The lowest BCUT2D eigenvalue weighted by Gasteiger charge is -2.10. The van der Waals surface area contributed by atoms with Crippen LogP contribution in [0.1, 0.15) is 21.5 Å². The maximum atomic E-state index is 12.2. The second-order valence-electron chi connectivity index (χ2n) is 5.52. The van der Waals surface area contributed by atoms with Crippen molar-refractivity contribution >= 4 is 5.97 Å². The fraction of sp³-hybridized carbons (Fsp3) is 0.0952. The van der Waals surface area contributed by atoms with E-state index in [2.05, 4.69) is 0 Å². The van der Waals surface area contributed by atoms with Gasteiger partial charge in [-0.05, 0) is 29.3 Å². The zero-order valence-corrected chi connectivity index (χ0v) is 13.6. The molecule has 0 heterocycles. The molecule has 0 aromatic heterocycles. The predicted molar refractivity (Wildman–Crippen MR) is 94.4 cm³/mol. The Hall–Kier alpha value is -3.27. The van der Waals surface area contributed by atoms with Gasteiger partial charge in [0.2, 0.25) is 0 Å². The molecule has 0 aliphatic rings. The fourth-order valence-corrected chi connectivity index (χ4v) is 2.30. The number of phenolic OH excluding ortho intramolecular Hbond substituents is 1. The molecule has 3 rings (SSSR count). The van der Waals surface area contributed by atoms with Crippen molar-refractivity contribution in [2.45, 2.75) is 13.2 Å². The van der Waals surface area contributed by atoms with E-state index < -0.39 is 5.97 Å². The van der Waals surface area contributed by atoms with Crippen molar-refractivity contribution in [2.75, 3.05) is 0 Å². The summed E-state index contributed by atoms with van der Waals surface area (Å²) in [5.41, 5.74) is 2.21. The average molecular weight is 334 g/mol. The van der Waals surface area contributed by atoms with Crippen molar-refractivity contribution in [3.8, 4) is 11.5 Å². The SMILES string of the molecule is O=C(OCc1ccccc1)c1ccc(O)c(OCc2ccccc2)c1. The van der Waals surface area contributed by atoms with E-state index in [-0.39, 0.29) is 18.1 Å². The number of esters is 1. The van der Waals surface area contributed by atoms with Crippen molar-refractivity contribution in [1.82, 2.24) is 0 Å². The van der Waals surface area contributed by atoms with Crippen LogP contribution in [-0.4, -0.2) is 11.1 Å². The summed E-state index contributed by atoms with van der Waals surface area (Å²) in [5.74, 6) is -0.234. The van der Waals surface area contributed by atoms with E-state index in [1.807, 2.05) is 60.7 Å². The molecule has 0 spiro atoms. The van der Waals surface area contributed by atoms with Gasteiger partial charge in [-0.2, -0.15) is 0 Å². The molecule has 3 aromatic carbocycles. The van der Waals surface area contributed by atoms with Crippen molar-refractivity contribution < 1.29 is 19.4 Å². The van der Waals surface area contributed by atoms with E-state index in [0.717, 1.165) is 11.1 Å². The second kappa shape index (κ2) is 8.02. The molecule has 4 heteroatoms. The normalized spacial score (nSPS) is 10.2. The average Bonchev–Trinajstić information content (AvgIpc) is 2.67. The van der Waals surface area contributed by atoms with Crippen LogP contribution in [0.25, 0.3) is 0 Å². The second-order valence-corrected chi connectivity index (χ2v) is 5.52. The Balaban J connectivity index is 1.64. The van der Waals surface area contributed by atoms with Crippen molar-refractivity contribution in [3.05, 3.63) is 95.6 Å². The molecule has 0 atom stereocenters. The highest BCUT2D eigenvalue weighted by atomic mass is 16.5. The van der Waals surface area contributed by atoms with Crippen LogP contribution in [0.2, 0.25) is 0 Å². The number of carbonyl (C=O) groups excluding carboxylic acids is 1. The Kier molecular flexibility index (Phi) is 5.32. The Labute approximate surface area is 146 Å². The summed E-state index contributed by atoms with van der Waals surface area (Å²) in [6.07, 6.45) is 0. The number of phenols is 1. The smallest absolute Gasteiger partial charge is 0.338 e. The summed E-state index contributed by atoms with van der Waals surface area (Å²) in [6.45, 7) is 0.498. The van der Waals surface area contributed by atoms with Crippen molar-refractivity contribution in [1.29, 1.82) is 0 Å². The van der Waals surface area contributed by atoms with E-state index in [1.54, 1.807) is 0 Å². The molecule has 0 amide bonds. The molecular weight excluding hydrogens is 316 g/mol. The van der Waals surface area contributed by atoms with Crippen LogP contribution in [0.3, 0.4) is 0 Å². The molecule has 1 N–H and O–H groups in total. The summed E-state index contributed by atoms with van der Waals surface area (Å²) in [7, 11) is 0. The van der Waals surface area contributed by atoms with Crippen molar-refractivity contribution in [2.24, 2.45) is 0 Å². The lowest BCUT2D eigenvalue weighted by Crippen LogP contribution is -2.06. The lowest BCUT2D eigenvalue weighted by molar-refractivity contribution is 0.0472. The van der Waals surface area contributed by atoms with Gasteiger partial charge in [0.05, 0.1) is 5.56 Å². The number of benzene rings is 3. The van der Waals surface area contributed by atoms with Crippen LogP contribution < -0.4 is 4.74 Å². The molecule has 0 saturated heterocycles. The van der Waals surface area contributed by atoms with Crippen LogP contribution in [0.15, 0.2) is 78.9 Å². The molecule has 0 bridgehead atoms. The van der Waals surface area contributed by atoms with E-state index in [4.69, 9.17) is 9.47 Å². The number of hydrogen-bond donors (Lipinski definition) is 1. The largest absolute Gasteiger partial charge is 0.504 e. The highest BCUT2D eigenvalue weighted by molar-refractivity contribution is 5.90. The topological polar surface area (TPSA) is 55.8 Å². The van der Waals surface area contributed by atoms with E-state index in [1.165, 1.54) is 18.2 Å². The number of hydrogen-bond acceptors (Lipinski definition) is 4. The highest BCUT2D eigenvalue weighted by Crippen LogP contribution is 2.28. The first-order valence-corrected chi connectivity index (χ1v) is 7.93. The first-order chi connectivity index (χ1) is 12.2. The zero-order chi connectivity index (χ0) is 17.5. The molecule has 0 saturated carbocycles. The number of rotatable bonds is 6. The Morgan fingerprint density at radius 2 is 1.40 bits per heavy atom. The Morgan fingerprint density at radius 1 is 0.800 bits per heavy atom. The summed E-state index contributed by atoms with van der Waals surface area (Å²) in [6, 6.07) is 23.5. The summed E-state index contributed by atoms with van der Waals surface area (Å²) >= 11 is 0. The third kappa shape index (κ3) is 4.61. The van der Waals surface area contributed by atoms with Gasteiger partial charge in [0.25, 0.3) is 0 Å². The quantitative estimate of drug-likeness (QED) is 0.682. The van der Waals surface area contributed by atoms with Crippen molar-refractivity contribution in [3.63, 3.8) is 0 Å². The molecular formula is C21H18O4.